The van der Waals surface area contributed by atoms with Crippen LogP contribution < -0.4 is 5.32 Å². The van der Waals surface area contributed by atoms with Crippen LogP contribution in [0.1, 0.15) is 26.0 Å². The Labute approximate surface area is 74.0 Å². The molecule has 1 heterocycles. The maximum Gasteiger partial charge on any atom is 0.117 e. The zero-order chi connectivity index (χ0) is 8.81. The van der Waals surface area contributed by atoms with Gasteiger partial charge in [-0.25, -0.2) is 0 Å². The first kappa shape index (κ1) is 9.33. The summed E-state index contributed by atoms with van der Waals surface area (Å²) in [7, 11) is 0. The predicted molar refractivity (Wildman–Crippen MR) is 49.9 cm³/mol. The minimum absolute atomic E-state index is 0.750. The lowest BCUT2D eigenvalue weighted by atomic mass is 10.1. The molecule has 2 nitrogen and oxygen atoms in total. The van der Waals surface area contributed by atoms with Gasteiger partial charge in [0.05, 0.1) is 12.8 Å². The molecule has 1 rings (SSSR count). The van der Waals surface area contributed by atoms with Crippen LogP contribution in [0.3, 0.4) is 0 Å². The average Bonchev–Trinajstić information content (AvgIpc) is 2.57. The fourth-order valence-corrected chi connectivity index (χ4v) is 0.999. The third-order valence-corrected chi connectivity index (χ3v) is 2.07. The molecule has 0 amide bonds. The van der Waals surface area contributed by atoms with Gasteiger partial charge in [0.2, 0.25) is 0 Å². The lowest BCUT2D eigenvalue weighted by Gasteiger charge is -2.08. The summed E-state index contributed by atoms with van der Waals surface area (Å²) in [6.45, 7) is 6.36. The van der Waals surface area contributed by atoms with Gasteiger partial charge in [-0.15, -0.1) is 0 Å². The van der Waals surface area contributed by atoms with Gasteiger partial charge in [0, 0.05) is 0 Å². The van der Waals surface area contributed by atoms with Crippen LogP contribution in [-0.4, -0.2) is 6.54 Å². The molecule has 1 atom stereocenters. The molecule has 0 saturated carbocycles. The molecule has 0 saturated heterocycles. The van der Waals surface area contributed by atoms with Gasteiger partial charge in [-0.3, -0.25) is 0 Å². The van der Waals surface area contributed by atoms with Crippen LogP contribution in [0, 0.1) is 5.92 Å². The van der Waals surface area contributed by atoms with Crippen molar-refractivity contribution in [2.75, 3.05) is 6.54 Å². The van der Waals surface area contributed by atoms with E-state index in [-0.39, 0.29) is 0 Å². The average molecular weight is 167 g/mol. The molecule has 1 aromatic heterocycles. The molecule has 0 aliphatic rings. The molecule has 2 heteroatoms. The Hall–Kier alpha value is -0.760. The Bertz CT molecular complexity index is 194. The first-order chi connectivity index (χ1) is 5.83. The van der Waals surface area contributed by atoms with E-state index >= 15 is 0 Å². The number of nitrogens with one attached hydrogen (secondary N) is 1. The number of rotatable bonds is 5. The highest BCUT2D eigenvalue weighted by Gasteiger charge is 1.98. The normalized spacial score (nSPS) is 13.2. The highest BCUT2D eigenvalue weighted by atomic mass is 16.3. The van der Waals surface area contributed by atoms with Gasteiger partial charge in [0.1, 0.15) is 5.76 Å². The molecule has 0 aliphatic carbocycles. The van der Waals surface area contributed by atoms with E-state index < -0.39 is 0 Å². The van der Waals surface area contributed by atoms with Crippen LogP contribution in [0.4, 0.5) is 0 Å². The molecule has 0 aliphatic heterocycles. The summed E-state index contributed by atoms with van der Waals surface area (Å²) in [6.07, 6.45) is 2.94. The maximum atomic E-state index is 5.19. The summed E-state index contributed by atoms with van der Waals surface area (Å²) in [5.41, 5.74) is 0. The number of hydrogen-bond donors (Lipinski definition) is 1. The van der Waals surface area contributed by atoms with Crippen molar-refractivity contribution in [2.24, 2.45) is 5.92 Å². The van der Waals surface area contributed by atoms with Gasteiger partial charge in [-0.05, 0) is 24.6 Å². The molecule has 0 spiro atoms. The van der Waals surface area contributed by atoms with Gasteiger partial charge in [-0.2, -0.15) is 0 Å². The standard InChI is InChI=1S/C10H17NO/c1-3-9(2)7-11-8-10-5-4-6-12-10/h4-6,9,11H,3,7-8H2,1-2H3/t9-/m1/s1. The van der Waals surface area contributed by atoms with E-state index in [4.69, 9.17) is 4.42 Å². The number of hydrogen-bond acceptors (Lipinski definition) is 2. The van der Waals surface area contributed by atoms with Crippen molar-refractivity contribution in [3.05, 3.63) is 24.2 Å². The quantitative estimate of drug-likeness (QED) is 0.728. The Balaban J connectivity index is 2.11. The van der Waals surface area contributed by atoms with Crippen LogP contribution in [0.25, 0.3) is 0 Å². The fourth-order valence-electron chi connectivity index (χ4n) is 0.999. The monoisotopic (exact) mass is 167 g/mol. The first-order valence-corrected chi connectivity index (χ1v) is 4.56. The second-order valence-corrected chi connectivity index (χ2v) is 3.22. The van der Waals surface area contributed by atoms with Crippen molar-refractivity contribution in [1.29, 1.82) is 0 Å². The summed E-state index contributed by atoms with van der Waals surface area (Å²) in [5.74, 6) is 1.76. The van der Waals surface area contributed by atoms with Crippen LogP contribution in [0.5, 0.6) is 0 Å². The van der Waals surface area contributed by atoms with E-state index in [1.807, 2.05) is 12.1 Å². The molecular formula is C10H17NO. The maximum absolute atomic E-state index is 5.19. The summed E-state index contributed by atoms with van der Waals surface area (Å²) < 4.78 is 5.19. The Morgan fingerprint density at radius 3 is 3.00 bits per heavy atom. The lowest BCUT2D eigenvalue weighted by molar-refractivity contribution is 0.448. The molecule has 0 fully saturated rings. The topological polar surface area (TPSA) is 25.2 Å². The molecule has 0 bridgehead atoms. The zero-order valence-corrected chi connectivity index (χ0v) is 7.84. The van der Waals surface area contributed by atoms with E-state index in [0.717, 1.165) is 24.8 Å². The van der Waals surface area contributed by atoms with Crippen molar-refractivity contribution < 1.29 is 4.42 Å². The second kappa shape index (κ2) is 4.99. The Morgan fingerprint density at radius 2 is 2.42 bits per heavy atom. The highest BCUT2D eigenvalue weighted by molar-refractivity contribution is 4.97. The van der Waals surface area contributed by atoms with Crippen molar-refractivity contribution in [1.82, 2.24) is 5.32 Å². The summed E-state index contributed by atoms with van der Waals surface area (Å²) >= 11 is 0. The van der Waals surface area contributed by atoms with Gasteiger partial charge in [0.15, 0.2) is 0 Å². The zero-order valence-electron chi connectivity index (χ0n) is 7.84. The van der Waals surface area contributed by atoms with Crippen LogP contribution in [-0.2, 0) is 6.54 Å². The van der Waals surface area contributed by atoms with Crippen molar-refractivity contribution in [2.45, 2.75) is 26.8 Å². The van der Waals surface area contributed by atoms with E-state index in [0.29, 0.717) is 0 Å². The van der Waals surface area contributed by atoms with E-state index in [1.165, 1.54) is 6.42 Å². The van der Waals surface area contributed by atoms with Crippen molar-refractivity contribution in [3.8, 4) is 0 Å². The number of furan rings is 1. The first-order valence-electron chi connectivity index (χ1n) is 4.56. The Morgan fingerprint density at radius 1 is 1.58 bits per heavy atom. The van der Waals surface area contributed by atoms with Gasteiger partial charge in [-0.1, -0.05) is 20.3 Å². The molecule has 1 aromatic rings. The van der Waals surface area contributed by atoms with Crippen molar-refractivity contribution >= 4 is 0 Å². The molecule has 12 heavy (non-hydrogen) atoms. The fraction of sp³-hybridized carbons (Fsp3) is 0.600. The third-order valence-electron chi connectivity index (χ3n) is 2.07. The molecule has 0 radical (unpaired) electrons. The summed E-state index contributed by atoms with van der Waals surface area (Å²) in [5, 5.41) is 3.34. The summed E-state index contributed by atoms with van der Waals surface area (Å²) in [4.78, 5) is 0. The lowest BCUT2D eigenvalue weighted by Crippen LogP contribution is -2.19. The van der Waals surface area contributed by atoms with E-state index in [1.54, 1.807) is 6.26 Å². The minimum atomic E-state index is 0.750. The van der Waals surface area contributed by atoms with Gasteiger partial charge < -0.3 is 9.73 Å². The van der Waals surface area contributed by atoms with Crippen LogP contribution in [0.15, 0.2) is 22.8 Å². The SMILES string of the molecule is CC[C@@H](C)CNCc1ccco1. The van der Waals surface area contributed by atoms with Gasteiger partial charge in [0.25, 0.3) is 0 Å². The minimum Gasteiger partial charge on any atom is -0.468 e. The second-order valence-electron chi connectivity index (χ2n) is 3.22. The van der Waals surface area contributed by atoms with Crippen LogP contribution >= 0.6 is 0 Å². The predicted octanol–water partition coefficient (Wildman–Crippen LogP) is 2.42. The smallest absolute Gasteiger partial charge is 0.117 e. The molecule has 0 unspecified atom stereocenters. The summed E-state index contributed by atoms with van der Waals surface area (Å²) in [6, 6.07) is 3.91. The molecule has 0 aromatic carbocycles. The van der Waals surface area contributed by atoms with Gasteiger partial charge >= 0.3 is 0 Å². The highest BCUT2D eigenvalue weighted by Crippen LogP contribution is 2.01. The Kier molecular flexibility index (Phi) is 3.88. The van der Waals surface area contributed by atoms with E-state index in [2.05, 4.69) is 19.2 Å². The third kappa shape index (κ3) is 3.09. The molecule has 1 N–H and O–H groups in total. The molecule has 68 valence electrons. The van der Waals surface area contributed by atoms with Crippen LogP contribution in [0.2, 0.25) is 0 Å². The van der Waals surface area contributed by atoms with E-state index in [9.17, 15) is 0 Å². The molecular weight excluding hydrogens is 150 g/mol. The largest absolute Gasteiger partial charge is 0.468 e. The van der Waals surface area contributed by atoms with Crippen molar-refractivity contribution in [3.63, 3.8) is 0 Å².